The third-order valence-corrected chi connectivity index (χ3v) is 4.51. The van der Waals surface area contributed by atoms with Crippen LogP contribution in [0.25, 0.3) is 11.0 Å². The first-order valence-corrected chi connectivity index (χ1v) is 7.36. The maximum atomic E-state index is 14.1. The van der Waals surface area contributed by atoms with Crippen molar-refractivity contribution in [1.29, 1.82) is 0 Å². The van der Waals surface area contributed by atoms with Gasteiger partial charge in [-0.1, -0.05) is 13.8 Å². The topological polar surface area (TPSA) is 17.8 Å². The van der Waals surface area contributed by atoms with Gasteiger partial charge in [0, 0.05) is 18.8 Å². The molecule has 2 nitrogen and oxygen atoms in total. The molecule has 0 spiro atoms. The Balaban J connectivity index is 2.10. The lowest BCUT2D eigenvalue weighted by molar-refractivity contribution is 0.482. The number of aryl methyl sites for hydroxylation is 1. The molecule has 0 aliphatic heterocycles. The van der Waals surface area contributed by atoms with Gasteiger partial charge in [-0.05, 0) is 29.9 Å². The number of halogens is 3. The Morgan fingerprint density at radius 1 is 1.40 bits per heavy atom. The summed E-state index contributed by atoms with van der Waals surface area (Å²) in [4.78, 5) is 4.40. The van der Waals surface area contributed by atoms with Crippen LogP contribution in [0, 0.1) is 23.0 Å². The van der Waals surface area contributed by atoms with Crippen LogP contribution in [0.2, 0.25) is 0 Å². The molecule has 1 unspecified atom stereocenters. The van der Waals surface area contributed by atoms with Gasteiger partial charge in [-0.25, -0.2) is 13.8 Å². The fourth-order valence-electron chi connectivity index (χ4n) is 2.79. The van der Waals surface area contributed by atoms with E-state index in [-0.39, 0.29) is 10.9 Å². The van der Waals surface area contributed by atoms with Crippen LogP contribution in [0.4, 0.5) is 8.78 Å². The molecule has 1 aromatic carbocycles. The number of alkyl halides is 1. The second kappa shape index (κ2) is 4.69. The van der Waals surface area contributed by atoms with Gasteiger partial charge in [-0.2, -0.15) is 0 Å². The zero-order valence-electron chi connectivity index (χ0n) is 11.6. The molecule has 1 atom stereocenters. The van der Waals surface area contributed by atoms with Gasteiger partial charge in [0.1, 0.15) is 11.3 Å². The van der Waals surface area contributed by atoms with Crippen LogP contribution in [0.1, 0.15) is 26.1 Å². The Morgan fingerprint density at radius 3 is 2.70 bits per heavy atom. The molecule has 108 valence electrons. The molecular weight excluding hydrogens is 282 g/mol. The maximum Gasteiger partial charge on any atom is 0.184 e. The summed E-state index contributed by atoms with van der Waals surface area (Å²) >= 11 is 5.79. The lowest BCUT2D eigenvalue weighted by Gasteiger charge is -2.10. The first kappa shape index (κ1) is 13.8. The van der Waals surface area contributed by atoms with E-state index >= 15 is 0 Å². The first-order chi connectivity index (χ1) is 9.44. The van der Waals surface area contributed by atoms with Crippen LogP contribution in [0.15, 0.2) is 12.1 Å². The molecule has 0 radical (unpaired) electrons. The summed E-state index contributed by atoms with van der Waals surface area (Å²) in [5.41, 5.74) is 1.05. The number of hydrogen-bond acceptors (Lipinski definition) is 1. The maximum absolute atomic E-state index is 14.1. The van der Waals surface area contributed by atoms with E-state index in [4.69, 9.17) is 11.6 Å². The van der Waals surface area contributed by atoms with Gasteiger partial charge >= 0.3 is 0 Å². The number of benzene rings is 1. The molecule has 1 aromatic heterocycles. The summed E-state index contributed by atoms with van der Waals surface area (Å²) in [7, 11) is 0. The Hall–Kier alpha value is -1.16. The van der Waals surface area contributed by atoms with E-state index in [1.165, 1.54) is 6.07 Å². The minimum absolute atomic E-state index is 0.271. The minimum Gasteiger partial charge on any atom is -0.325 e. The van der Waals surface area contributed by atoms with Crippen molar-refractivity contribution >= 4 is 22.6 Å². The molecule has 0 bridgehead atoms. The molecule has 1 aliphatic rings. The number of hydrogen-bond donors (Lipinski definition) is 0. The van der Waals surface area contributed by atoms with E-state index in [1.807, 2.05) is 4.57 Å². The first-order valence-electron chi connectivity index (χ1n) is 6.83. The summed E-state index contributed by atoms with van der Waals surface area (Å²) in [6.45, 7) is 5.06. The number of fused-ring (bicyclic) bond motifs is 1. The zero-order valence-corrected chi connectivity index (χ0v) is 12.3. The highest BCUT2D eigenvalue weighted by molar-refractivity contribution is 6.17. The predicted molar refractivity (Wildman–Crippen MR) is 76.0 cm³/mol. The molecule has 0 N–H and O–H groups in total. The molecule has 1 fully saturated rings. The summed E-state index contributed by atoms with van der Waals surface area (Å²) in [6.07, 6.45) is 1.66. The van der Waals surface area contributed by atoms with Crippen molar-refractivity contribution in [1.82, 2.24) is 9.55 Å². The van der Waals surface area contributed by atoms with Crippen LogP contribution in [-0.4, -0.2) is 15.4 Å². The van der Waals surface area contributed by atoms with Gasteiger partial charge in [0.25, 0.3) is 0 Å². The Bertz CT molecular complexity index is 663. The highest BCUT2D eigenvalue weighted by Crippen LogP contribution is 2.52. The average molecular weight is 299 g/mol. The van der Waals surface area contributed by atoms with Crippen molar-refractivity contribution in [3.8, 4) is 0 Å². The highest BCUT2D eigenvalue weighted by atomic mass is 35.5. The SMILES string of the molecule is CC1(C)CC1Cn1c(CCCl)nc2ccc(F)c(F)c21. The molecule has 1 heterocycles. The van der Waals surface area contributed by atoms with Gasteiger partial charge in [0.15, 0.2) is 11.6 Å². The molecule has 3 rings (SSSR count). The third kappa shape index (κ3) is 2.20. The fraction of sp³-hybridized carbons (Fsp3) is 0.533. The largest absolute Gasteiger partial charge is 0.325 e. The van der Waals surface area contributed by atoms with Crippen molar-refractivity contribution in [3.63, 3.8) is 0 Å². The Kier molecular flexibility index (Phi) is 3.24. The molecule has 5 heteroatoms. The minimum atomic E-state index is -0.828. The van der Waals surface area contributed by atoms with E-state index in [2.05, 4.69) is 18.8 Å². The van der Waals surface area contributed by atoms with Gasteiger partial charge in [-0.3, -0.25) is 0 Å². The second-order valence-corrected chi connectivity index (χ2v) is 6.57. The van der Waals surface area contributed by atoms with Gasteiger partial charge in [0.2, 0.25) is 0 Å². The van der Waals surface area contributed by atoms with Crippen molar-refractivity contribution in [2.45, 2.75) is 33.2 Å². The standard InChI is InChI=1S/C15H17ClF2N2/c1-15(2)7-9(15)8-20-12(5-6-16)19-11-4-3-10(17)13(18)14(11)20/h3-4,9H,5-8H2,1-2H3. The van der Waals surface area contributed by atoms with Gasteiger partial charge in [0.05, 0.1) is 5.52 Å². The van der Waals surface area contributed by atoms with Crippen molar-refractivity contribution in [3.05, 3.63) is 29.6 Å². The molecule has 20 heavy (non-hydrogen) atoms. The Morgan fingerprint density at radius 2 is 2.10 bits per heavy atom. The van der Waals surface area contributed by atoms with E-state index in [0.29, 0.717) is 30.3 Å². The highest BCUT2D eigenvalue weighted by Gasteiger charge is 2.45. The number of nitrogens with zero attached hydrogens (tertiary/aromatic N) is 2. The summed E-state index contributed by atoms with van der Waals surface area (Å²) < 4.78 is 29.4. The summed E-state index contributed by atoms with van der Waals surface area (Å²) in [5, 5.41) is 0. The lowest BCUT2D eigenvalue weighted by Crippen LogP contribution is -2.09. The molecule has 2 aromatic rings. The van der Waals surface area contributed by atoms with E-state index in [1.54, 1.807) is 0 Å². The average Bonchev–Trinajstić information content (AvgIpc) is 2.82. The van der Waals surface area contributed by atoms with Gasteiger partial charge in [-0.15, -0.1) is 11.6 Å². The molecule has 1 aliphatic carbocycles. The van der Waals surface area contributed by atoms with Crippen LogP contribution < -0.4 is 0 Å². The monoisotopic (exact) mass is 298 g/mol. The molecular formula is C15H17ClF2N2. The zero-order chi connectivity index (χ0) is 14.5. The lowest BCUT2D eigenvalue weighted by atomic mass is 10.1. The number of rotatable bonds is 4. The van der Waals surface area contributed by atoms with Crippen LogP contribution >= 0.6 is 11.6 Å². The number of imidazole rings is 1. The van der Waals surface area contributed by atoms with E-state index in [0.717, 1.165) is 18.3 Å². The van der Waals surface area contributed by atoms with Crippen molar-refractivity contribution < 1.29 is 8.78 Å². The summed E-state index contributed by atoms with van der Waals surface area (Å²) in [6, 6.07) is 2.65. The summed E-state index contributed by atoms with van der Waals surface area (Å²) in [5.74, 6) is 0.000778. The number of aromatic nitrogens is 2. The van der Waals surface area contributed by atoms with Crippen molar-refractivity contribution in [2.75, 3.05) is 5.88 Å². The Labute approximate surface area is 121 Å². The smallest absolute Gasteiger partial charge is 0.184 e. The molecule has 0 saturated heterocycles. The normalized spacial score (nSPS) is 20.6. The van der Waals surface area contributed by atoms with Crippen LogP contribution in [0.5, 0.6) is 0 Å². The van der Waals surface area contributed by atoms with Crippen LogP contribution in [0.3, 0.4) is 0 Å². The van der Waals surface area contributed by atoms with Crippen molar-refractivity contribution in [2.24, 2.45) is 11.3 Å². The van der Waals surface area contributed by atoms with E-state index < -0.39 is 11.6 Å². The predicted octanol–water partition coefficient (Wildman–Crippen LogP) is 4.14. The molecule has 0 amide bonds. The third-order valence-electron chi connectivity index (χ3n) is 4.32. The quantitative estimate of drug-likeness (QED) is 0.776. The fourth-order valence-corrected chi connectivity index (χ4v) is 2.95. The second-order valence-electron chi connectivity index (χ2n) is 6.20. The van der Waals surface area contributed by atoms with Gasteiger partial charge < -0.3 is 4.57 Å². The van der Waals surface area contributed by atoms with Crippen LogP contribution in [-0.2, 0) is 13.0 Å². The van der Waals surface area contributed by atoms with E-state index in [9.17, 15) is 8.78 Å². The molecule has 1 saturated carbocycles.